The summed E-state index contributed by atoms with van der Waals surface area (Å²) in [6, 6.07) is 19.7. The van der Waals surface area contributed by atoms with Crippen LogP contribution in [0.15, 0.2) is 75.7 Å². The molecule has 8 heteroatoms. The molecule has 2 N–H and O–H groups in total. The number of nitrogens with one attached hydrogen (secondary N) is 2. The van der Waals surface area contributed by atoms with Crippen LogP contribution in [0.4, 0.5) is 5.69 Å². The van der Waals surface area contributed by atoms with Crippen LogP contribution >= 0.6 is 31.9 Å². The molecule has 0 fully saturated rings. The topological polar surface area (TPSA) is 70.7 Å². The molecular weight excluding hydrogens is 514 g/mol. The fourth-order valence-corrected chi connectivity index (χ4v) is 3.81. The maximum absolute atomic E-state index is 13.3. The lowest BCUT2D eigenvalue weighted by Gasteiger charge is -2.38. The molecule has 4 rings (SSSR count). The van der Waals surface area contributed by atoms with E-state index in [1.54, 1.807) is 37.4 Å². The first-order valence-corrected chi connectivity index (χ1v) is 10.6. The van der Waals surface area contributed by atoms with Crippen LogP contribution in [0.3, 0.4) is 0 Å². The van der Waals surface area contributed by atoms with Crippen LogP contribution < -0.4 is 15.5 Å². The predicted molar refractivity (Wildman–Crippen MR) is 121 cm³/mol. The molecule has 3 aromatic carbocycles. The highest BCUT2D eigenvalue weighted by Crippen LogP contribution is 2.34. The van der Waals surface area contributed by atoms with Gasteiger partial charge in [-0.2, -0.15) is 0 Å². The van der Waals surface area contributed by atoms with Crippen molar-refractivity contribution in [3.8, 4) is 5.75 Å². The Bertz CT molecular complexity index is 1100. The summed E-state index contributed by atoms with van der Waals surface area (Å²) >= 11 is 6.76. The SMILES string of the molecule is COc1ccc(C2Nc3ccc(Br)cc3C(=O)N2NC(=O)c2ccc(Br)cc2)cc1. The highest BCUT2D eigenvalue weighted by molar-refractivity contribution is 9.10. The third kappa shape index (κ3) is 4.06. The number of hydrogen-bond donors (Lipinski definition) is 2. The number of anilines is 1. The van der Waals surface area contributed by atoms with E-state index < -0.39 is 6.17 Å². The van der Waals surface area contributed by atoms with Crippen LogP contribution in [0.5, 0.6) is 5.75 Å². The molecule has 0 saturated carbocycles. The molecule has 1 aliphatic heterocycles. The molecule has 30 heavy (non-hydrogen) atoms. The summed E-state index contributed by atoms with van der Waals surface area (Å²) in [7, 11) is 1.59. The Hall–Kier alpha value is -2.84. The standard InChI is InChI=1S/C22H17Br2N3O3/c1-30-17-9-4-13(5-10-17)20-25-19-11-8-16(24)12-18(19)22(29)27(20)26-21(28)14-2-6-15(23)7-3-14/h2-12,20,25H,1H3,(H,26,28). The zero-order valence-electron chi connectivity index (χ0n) is 15.9. The van der Waals surface area contributed by atoms with E-state index in [4.69, 9.17) is 4.74 Å². The normalized spacial score (nSPS) is 15.2. The van der Waals surface area contributed by atoms with Crippen molar-refractivity contribution in [2.75, 3.05) is 12.4 Å². The quantitative estimate of drug-likeness (QED) is 0.490. The third-order valence-corrected chi connectivity index (χ3v) is 5.76. The first-order valence-electron chi connectivity index (χ1n) is 9.06. The van der Waals surface area contributed by atoms with Crippen LogP contribution in [-0.4, -0.2) is 23.9 Å². The van der Waals surface area contributed by atoms with Crippen molar-refractivity contribution < 1.29 is 14.3 Å². The van der Waals surface area contributed by atoms with Gasteiger partial charge in [0.2, 0.25) is 0 Å². The van der Waals surface area contributed by atoms with Gasteiger partial charge in [0, 0.05) is 20.2 Å². The van der Waals surface area contributed by atoms with Gasteiger partial charge in [0.1, 0.15) is 11.9 Å². The Morgan fingerprint density at radius 2 is 1.67 bits per heavy atom. The fourth-order valence-electron chi connectivity index (χ4n) is 3.19. The molecule has 2 amide bonds. The summed E-state index contributed by atoms with van der Waals surface area (Å²) in [6.45, 7) is 0. The second-order valence-corrected chi connectivity index (χ2v) is 8.46. The van der Waals surface area contributed by atoms with Gasteiger partial charge in [-0.05, 0) is 60.2 Å². The van der Waals surface area contributed by atoms with E-state index in [1.807, 2.05) is 36.4 Å². The number of rotatable bonds is 4. The minimum absolute atomic E-state index is 0.309. The van der Waals surface area contributed by atoms with E-state index in [-0.39, 0.29) is 11.8 Å². The van der Waals surface area contributed by atoms with E-state index in [1.165, 1.54) is 5.01 Å². The van der Waals surface area contributed by atoms with Crippen molar-refractivity contribution in [3.63, 3.8) is 0 Å². The first kappa shape index (κ1) is 20.4. The third-order valence-electron chi connectivity index (χ3n) is 4.74. The molecule has 152 valence electrons. The van der Waals surface area contributed by atoms with Crippen molar-refractivity contribution in [3.05, 3.63) is 92.4 Å². The van der Waals surface area contributed by atoms with Gasteiger partial charge in [-0.1, -0.05) is 44.0 Å². The first-order chi connectivity index (χ1) is 14.5. The van der Waals surface area contributed by atoms with E-state index in [9.17, 15) is 9.59 Å². The van der Waals surface area contributed by atoms with Crippen molar-refractivity contribution in [2.45, 2.75) is 6.17 Å². The maximum atomic E-state index is 13.3. The van der Waals surface area contributed by atoms with Crippen LogP contribution in [-0.2, 0) is 0 Å². The average molecular weight is 531 g/mol. The summed E-state index contributed by atoms with van der Waals surface area (Å²) in [5.74, 6) is 0.0154. The van der Waals surface area contributed by atoms with Gasteiger partial charge in [0.25, 0.3) is 11.8 Å². The second-order valence-electron chi connectivity index (χ2n) is 6.63. The zero-order chi connectivity index (χ0) is 21.3. The van der Waals surface area contributed by atoms with Crippen LogP contribution in [0.25, 0.3) is 0 Å². The van der Waals surface area contributed by atoms with E-state index >= 15 is 0 Å². The molecule has 0 spiro atoms. The molecule has 0 radical (unpaired) electrons. The molecule has 1 unspecified atom stereocenters. The molecular formula is C22H17Br2N3O3. The molecule has 1 atom stereocenters. The van der Waals surface area contributed by atoms with Crippen LogP contribution in [0, 0.1) is 0 Å². The zero-order valence-corrected chi connectivity index (χ0v) is 19.0. The predicted octanol–water partition coefficient (Wildman–Crippen LogP) is 5.13. The van der Waals surface area contributed by atoms with Gasteiger partial charge >= 0.3 is 0 Å². The van der Waals surface area contributed by atoms with Crippen molar-refractivity contribution in [2.24, 2.45) is 0 Å². The lowest BCUT2D eigenvalue weighted by Crippen LogP contribution is -2.52. The van der Waals surface area contributed by atoms with Gasteiger partial charge in [-0.3, -0.25) is 15.0 Å². The number of fused-ring (bicyclic) bond motifs is 1. The van der Waals surface area contributed by atoms with E-state index in [2.05, 4.69) is 42.6 Å². The summed E-state index contributed by atoms with van der Waals surface area (Å²) in [5, 5.41) is 4.67. The number of hydrazine groups is 1. The summed E-state index contributed by atoms with van der Waals surface area (Å²) in [4.78, 5) is 26.2. The van der Waals surface area contributed by atoms with Crippen molar-refractivity contribution in [1.82, 2.24) is 10.4 Å². The van der Waals surface area contributed by atoms with Gasteiger partial charge in [-0.15, -0.1) is 0 Å². The van der Waals surface area contributed by atoms with Gasteiger partial charge in [0.05, 0.1) is 12.7 Å². The van der Waals surface area contributed by atoms with Gasteiger partial charge in [0.15, 0.2) is 0 Å². The fraction of sp³-hybridized carbons (Fsp3) is 0.0909. The lowest BCUT2D eigenvalue weighted by molar-refractivity contribution is 0.0491. The Balaban J connectivity index is 1.71. The molecule has 0 saturated heterocycles. The molecule has 1 heterocycles. The largest absolute Gasteiger partial charge is 0.497 e. The Morgan fingerprint density at radius 1 is 1.00 bits per heavy atom. The number of amides is 2. The number of nitrogens with zero attached hydrogens (tertiary/aromatic N) is 1. The minimum atomic E-state index is -0.587. The van der Waals surface area contributed by atoms with Gasteiger partial charge < -0.3 is 10.1 Å². The van der Waals surface area contributed by atoms with E-state index in [0.717, 1.165) is 14.5 Å². The Labute approximate surface area is 190 Å². The van der Waals surface area contributed by atoms with Gasteiger partial charge in [-0.25, -0.2) is 5.01 Å². The highest BCUT2D eigenvalue weighted by Gasteiger charge is 2.34. The van der Waals surface area contributed by atoms with Crippen molar-refractivity contribution in [1.29, 1.82) is 0 Å². The maximum Gasteiger partial charge on any atom is 0.276 e. The molecule has 0 aliphatic carbocycles. The number of halogens is 2. The number of hydrogen-bond acceptors (Lipinski definition) is 4. The average Bonchev–Trinajstić information content (AvgIpc) is 2.76. The number of methoxy groups -OCH3 is 1. The summed E-state index contributed by atoms with van der Waals surface area (Å²) in [5.41, 5.74) is 5.16. The molecule has 1 aliphatic rings. The highest BCUT2D eigenvalue weighted by atomic mass is 79.9. The number of ether oxygens (including phenoxy) is 1. The molecule has 0 bridgehead atoms. The number of benzene rings is 3. The monoisotopic (exact) mass is 529 g/mol. The summed E-state index contributed by atoms with van der Waals surface area (Å²) < 4.78 is 6.87. The Kier molecular flexibility index (Phi) is 5.78. The summed E-state index contributed by atoms with van der Waals surface area (Å²) in [6.07, 6.45) is -0.587. The Morgan fingerprint density at radius 3 is 2.33 bits per heavy atom. The second kappa shape index (κ2) is 8.49. The van der Waals surface area contributed by atoms with E-state index in [0.29, 0.717) is 22.6 Å². The molecule has 3 aromatic rings. The smallest absolute Gasteiger partial charge is 0.276 e. The molecule has 0 aromatic heterocycles. The van der Waals surface area contributed by atoms with Crippen LogP contribution in [0.1, 0.15) is 32.4 Å². The van der Waals surface area contributed by atoms with Crippen molar-refractivity contribution >= 4 is 49.4 Å². The lowest BCUT2D eigenvalue weighted by atomic mass is 10.0. The minimum Gasteiger partial charge on any atom is -0.497 e. The molecule has 6 nitrogen and oxygen atoms in total. The van der Waals surface area contributed by atoms with Crippen LogP contribution in [0.2, 0.25) is 0 Å². The number of carbonyl (C=O) groups is 2. The number of carbonyl (C=O) groups excluding carboxylic acids is 2.